The molecule has 0 amide bonds. The van der Waals surface area contributed by atoms with Crippen LogP contribution in [0.2, 0.25) is 0 Å². The van der Waals surface area contributed by atoms with Gasteiger partial charge >= 0.3 is 0 Å². The second kappa shape index (κ2) is 6.34. The minimum absolute atomic E-state index is 0.0674. The third-order valence-corrected chi connectivity index (χ3v) is 4.66. The molecule has 0 saturated heterocycles. The predicted octanol–water partition coefficient (Wildman–Crippen LogP) is 5.90. The summed E-state index contributed by atoms with van der Waals surface area (Å²) in [5, 5.41) is 0. The number of carbonyl (C=O) groups is 1. The maximum absolute atomic E-state index is 12.2. The molecule has 0 bridgehead atoms. The first kappa shape index (κ1) is 17.9. The summed E-state index contributed by atoms with van der Waals surface area (Å²) in [6.07, 6.45) is 2.40. The van der Waals surface area contributed by atoms with Gasteiger partial charge in [0.05, 0.1) is 0 Å². The van der Waals surface area contributed by atoms with Crippen molar-refractivity contribution in [2.45, 2.75) is 79.1 Å². The molecule has 0 fully saturated rings. The number of Topliss-reactive ketones (excluding diaryl/α,β-unsaturated/α-hetero) is 1. The molecule has 0 atom stereocenters. The highest BCUT2D eigenvalue weighted by atomic mass is 16.1. The molecule has 0 unspecified atom stereocenters. The van der Waals surface area contributed by atoms with E-state index < -0.39 is 0 Å². The fourth-order valence-electron chi connectivity index (χ4n) is 3.08. The summed E-state index contributed by atoms with van der Waals surface area (Å²) >= 11 is 0. The number of carbonyl (C=O) groups excluding carboxylic acids is 1. The van der Waals surface area contributed by atoms with Gasteiger partial charge in [-0.3, -0.25) is 4.79 Å². The molecule has 0 N–H and O–H groups in total. The Labute approximate surface area is 131 Å². The van der Waals surface area contributed by atoms with E-state index in [2.05, 4.69) is 39.8 Å². The maximum Gasteiger partial charge on any atom is 0.165 e. The van der Waals surface area contributed by atoms with Gasteiger partial charge in [-0.1, -0.05) is 67.5 Å². The van der Waals surface area contributed by atoms with Gasteiger partial charge in [0, 0.05) is 11.5 Å². The van der Waals surface area contributed by atoms with E-state index in [0.717, 1.165) is 5.56 Å². The van der Waals surface area contributed by atoms with E-state index in [-0.39, 0.29) is 22.5 Å². The lowest BCUT2D eigenvalue weighted by Gasteiger charge is -2.42. The lowest BCUT2D eigenvalue weighted by molar-refractivity contribution is 0.0939. The molecule has 1 heteroatoms. The summed E-state index contributed by atoms with van der Waals surface area (Å²) < 4.78 is 0. The minimum Gasteiger partial charge on any atom is -0.294 e. The van der Waals surface area contributed by atoms with Gasteiger partial charge in [-0.2, -0.15) is 0 Å². The molecule has 1 aromatic rings. The Morgan fingerprint density at radius 1 is 0.952 bits per heavy atom. The largest absolute Gasteiger partial charge is 0.294 e. The first-order valence-corrected chi connectivity index (χ1v) is 8.34. The SMILES string of the molecule is CC.CC(C)C(=O)c1ccc2c(c1)C(C)(C)CCC2(C)C. The fourth-order valence-corrected chi connectivity index (χ4v) is 3.08. The number of ketones is 1. The van der Waals surface area contributed by atoms with Gasteiger partial charge in [-0.05, 0) is 40.9 Å². The quantitative estimate of drug-likeness (QED) is 0.619. The zero-order chi connectivity index (χ0) is 16.4. The van der Waals surface area contributed by atoms with Crippen LogP contribution in [-0.2, 0) is 10.8 Å². The topological polar surface area (TPSA) is 17.1 Å². The van der Waals surface area contributed by atoms with Crippen molar-refractivity contribution >= 4 is 5.78 Å². The van der Waals surface area contributed by atoms with Crippen molar-refractivity contribution in [1.29, 1.82) is 0 Å². The average molecular weight is 288 g/mol. The molecule has 1 aliphatic carbocycles. The lowest BCUT2D eigenvalue weighted by Crippen LogP contribution is -2.34. The number of rotatable bonds is 2. The van der Waals surface area contributed by atoms with E-state index in [0.29, 0.717) is 0 Å². The zero-order valence-electron chi connectivity index (χ0n) is 15.1. The molecular weight excluding hydrogens is 256 g/mol. The van der Waals surface area contributed by atoms with Gasteiger partial charge in [0.1, 0.15) is 0 Å². The van der Waals surface area contributed by atoms with Crippen LogP contribution in [0.15, 0.2) is 18.2 Å². The summed E-state index contributed by atoms with van der Waals surface area (Å²) in [4.78, 5) is 12.2. The van der Waals surface area contributed by atoms with Crippen molar-refractivity contribution in [2.75, 3.05) is 0 Å². The van der Waals surface area contributed by atoms with Gasteiger partial charge < -0.3 is 0 Å². The highest BCUT2D eigenvalue weighted by Crippen LogP contribution is 2.45. The van der Waals surface area contributed by atoms with Crippen LogP contribution in [0.4, 0.5) is 0 Å². The number of fused-ring (bicyclic) bond motifs is 1. The fraction of sp³-hybridized carbons (Fsp3) is 0.650. The monoisotopic (exact) mass is 288 g/mol. The zero-order valence-corrected chi connectivity index (χ0v) is 15.1. The number of hydrogen-bond acceptors (Lipinski definition) is 1. The van der Waals surface area contributed by atoms with E-state index in [1.807, 2.05) is 33.8 Å². The van der Waals surface area contributed by atoms with Gasteiger partial charge in [0.2, 0.25) is 0 Å². The minimum atomic E-state index is 0.0674. The Bertz CT molecular complexity index is 507. The standard InChI is InChI=1S/C18H26O.C2H6/c1-12(2)16(19)13-7-8-14-15(11-13)18(5,6)10-9-17(14,3)4;1-2/h7-8,11-12H,9-10H2,1-6H3;1-2H3. The summed E-state index contributed by atoms with van der Waals surface area (Å²) in [6.45, 7) is 17.2. The van der Waals surface area contributed by atoms with Gasteiger partial charge in [0.25, 0.3) is 0 Å². The van der Waals surface area contributed by atoms with E-state index in [4.69, 9.17) is 0 Å². The molecule has 1 aliphatic rings. The number of benzene rings is 1. The van der Waals surface area contributed by atoms with Crippen molar-refractivity contribution in [2.24, 2.45) is 5.92 Å². The van der Waals surface area contributed by atoms with Crippen LogP contribution in [0.25, 0.3) is 0 Å². The van der Waals surface area contributed by atoms with Crippen LogP contribution in [0.3, 0.4) is 0 Å². The highest BCUT2D eigenvalue weighted by Gasteiger charge is 2.37. The smallest absolute Gasteiger partial charge is 0.165 e. The maximum atomic E-state index is 12.2. The molecule has 1 aromatic carbocycles. The Morgan fingerprint density at radius 3 is 1.90 bits per heavy atom. The summed E-state index contributed by atoms with van der Waals surface area (Å²) in [6, 6.07) is 6.36. The second-order valence-corrected chi connectivity index (χ2v) is 7.55. The van der Waals surface area contributed by atoms with Gasteiger partial charge in [-0.15, -0.1) is 0 Å². The Balaban J connectivity index is 0.00000106. The van der Waals surface area contributed by atoms with Crippen molar-refractivity contribution in [3.63, 3.8) is 0 Å². The van der Waals surface area contributed by atoms with Crippen LogP contribution < -0.4 is 0 Å². The molecule has 0 aliphatic heterocycles. The van der Waals surface area contributed by atoms with Crippen LogP contribution in [-0.4, -0.2) is 5.78 Å². The summed E-state index contributed by atoms with van der Waals surface area (Å²) in [7, 11) is 0. The van der Waals surface area contributed by atoms with Gasteiger partial charge in [0.15, 0.2) is 5.78 Å². The molecular formula is C20H32O. The molecule has 0 spiro atoms. The van der Waals surface area contributed by atoms with E-state index >= 15 is 0 Å². The summed E-state index contributed by atoms with van der Waals surface area (Å²) in [5.41, 5.74) is 4.07. The first-order chi connectivity index (χ1) is 9.65. The molecule has 21 heavy (non-hydrogen) atoms. The molecule has 0 heterocycles. The van der Waals surface area contributed by atoms with E-state index in [1.165, 1.54) is 24.0 Å². The Kier molecular flexibility index (Phi) is 5.41. The van der Waals surface area contributed by atoms with E-state index in [9.17, 15) is 4.79 Å². The molecule has 0 radical (unpaired) electrons. The van der Waals surface area contributed by atoms with E-state index in [1.54, 1.807) is 0 Å². The second-order valence-electron chi connectivity index (χ2n) is 7.55. The van der Waals surface area contributed by atoms with Crippen molar-refractivity contribution in [3.05, 3.63) is 34.9 Å². The first-order valence-electron chi connectivity index (χ1n) is 8.34. The molecule has 1 nitrogen and oxygen atoms in total. The van der Waals surface area contributed by atoms with Crippen LogP contribution in [0, 0.1) is 5.92 Å². The van der Waals surface area contributed by atoms with Crippen LogP contribution in [0.5, 0.6) is 0 Å². The molecule has 118 valence electrons. The number of hydrogen-bond donors (Lipinski definition) is 0. The Hall–Kier alpha value is -1.11. The third kappa shape index (κ3) is 3.56. The Morgan fingerprint density at radius 2 is 1.43 bits per heavy atom. The third-order valence-electron chi connectivity index (χ3n) is 4.66. The molecule has 0 aromatic heterocycles. The predicted molar refractivity (Wildman–Crippen MR) is 92.2 cm³/mol. The highest BCUT2D eigenvalue weighted by molar-refractivity contribution is 5.97. The van der Waals surface area contributed by atoms with Crippen molar-refractivity contribution in [3.8, 4) is 0 Å². The van der Waals surface area contributed by atoms with Crippen LogP contribution >= 0.6 is 0 Å². The lowest BCUT2D eigenvalue weighted by atomic mass is 9.63. The normalized spacial score (nSPS) is 18.5. The van der Waals surface area contributed by atoms with Gasteiger partial charge in [-0.25, -0.2) is 0 Å². The summed E-state index contributed by atoms with van der Waals surface area (Å²) in [5.74, 6) is 0.319. The average Bonchev–Trinajstić information content (AvgIpc) is 2.45. The van der Waals surface area contributed by atoms with Crippen molar-refractivity contribution < 1.29 is 4.79 Å². The van der Waals surface area contributed by atoms with Crippen molar-refractivity contribution in [1.82, 2.24) is 0 Å². The van der Waals surface area contributed by atoms with Crippen LogP contribution in [0.1, 0.15) is 89.7 Å². The molecule has 2 rings (SSSR count). The molecule has 0 saturated carbocycles.